The molecule has 0 heterocycles. The standard InChI is InChI=1S/C46H37NO9/c1-3-22-54-42-33-14-8-15-34(42)25-35-16-9-17-36(43(35)55-45(49)29-10-5-4-6-11-29)26-38-28-39(47(51)52)27-37(24-32-13-7-12-31(23-33)41(32)48)44(38)56-46(50)30-18-20-40(53-2)21-19-30/h3-21,27-28,48H,1,22-26H2,2H3. The van der Waals surface area contributed by atoms with E-state index in [9.17, 15) is 24.8 Å². The molecule has 7 rings (SSSR count). The quantitative estimate of drug-likeness (QED) is 0.0505. The van der Waals surface area contributed by atoms with Gasteiger partial charge in [0, 0.05) is 48.9 Å². The summed E-state index contributed by atoms with van der Waals surface area (Å²) in [5.74, 6) is 0.215. The normalized spacial score (nSPS) is 11.9. The summed E-state index contributed by atoms with van der Waals surface area (Å²) in [7, 11) is 1.52. The topological polar surface area (TPSA) is 134 Å². The van der Waals surface area contributed by atoms with Crippen molar-refractivity contribution in [3.8, 4) is 28.7 Å². The Morgan fingerprint density at radius 2 is 1.09 bits per heavy atom. The van der Waals surface area contributed by atoms with Crippen LogP contribution in [0, 0.1) is 10.1 Å². The maximum absolute atomic E-state index is 13.8. The molecule has 0 aliphatic heterocycles. The number of rotatable bonds is 9. The van der Waals surface area contributed by atoms with Gasteiger partial charge in [0.1, 0.15) is 35.4 Å². The van der Waals surface area contributed by atoms with E-state index < -0.39 is 16.9 Å². The summed E-state index contributed by atoms with van der Waals surface area (Å²) < 4.78 is 23.9. The van der Waals surface area contributed by atoms with Gasteiger partial charge >= 0.3 is 11.9 Å². The third-order valence-electron chi connectivity index (χ3n) is 9.59. The molecule has 0 unspecified atom stereocenters. The maximum Gasteiger partial charge on any atom is 0.343 e. The lowest BCUT2D eigenvalue weighted by molar-refractivity contribution is -0.385. The van der Waals surface area contributed by atoms with E-state index >= 15 is 0 Å². The number of esters is 2. The molecule has 10 nitrogen and oxygen atoms in total. The lowest BCUT2D eigenvalue weighted by Gasteiger charge is -2.21. The van der Waals surface area contributed by atoms with Crippen molar-refractivity contribution in [2.45, 2.75) is 25.7 Å². The summed E-state index contributed by atoms with van der Waals surface area (Å²) in [4.78, 5) is 39.4. The van der Waals surface area contributed by atoms with E-state index in [1.54, 1.807) is 84.9 Å². The molecule has 0 amide bonds. The number of hydrogen-bond acceptors (Lipinski definition) is 9. The Balaban J connectivity index is 1.46. The highest BCUT2D eigenvalue weighted by Gasteiger charge is 2.26. The molecule has 0 fully saturated rings. The third-order valence-corrected chi connectivity index (χ3v) is 9.59. The number of carbonyl (C=O) groups excluding carboxylic acids is 2. The first-order chi connectivity index (χ1) is 27.2. The van der Waals surface area contributed by atoms with Crippen LogP contribution in [0.2, 0.25) is 0 Å². The van der Waals surface area contributed by atoms with Crippen molar-refractivity contribution in [3.63, 3.8) is 0 Å². The Morgan fingerprint density at radius 3 is 1.61 bits per heavy atom. The van der Waals surface area contributed by atoms with Crippen LogP contribution < -0.4 is 18.9 Å². The minimum atomic E-state index is -0.702. The van der Waals surface area contributed by atoms with Crippen molar-refractivity contribution in [3.05, 3.63) is 200 Å². The molecule has 10 heteroatoms. The number of non-ortho nitro benzene ring substituents is 1. The Hall–Kier alpha value is -7.20. The van der Waals surface area contributed by atoms with Gasteiger partial charge in [0.05, 0.1) is 23.2 Å². The number of para-hydroxylation sites is 3. The zero-order valence-electron chi connectivity index (χ0n) is 30.5. The summed E-state index contributed by atoms with van der Waals surface area (Å²) in [5, 5.41) is 24.2. The molecule has 0 aromatic heterocycles. The first-order valence-electron chi connectivity index (χ1n) is 17.9. The fourth-order valence-electron chi connectivity index (χ4n) is 6.88. The number of nitro benzene ring substituents is 1. The molecule has 1 aliphatic rings. The van der Waals surface area contributed by atoms with Crippen LogP contribution in [0.5, 0.6) is 28.7 Å². The summed E-state index contributed by atoms with van der Waals surface area (Å²) in [5.41, 5.74) is 4.73. The van der Waals surface area contributed by atoms with Crippen molar-refractivity contribution >= 4 is 17.6 Å². The first kappa shape index (κ1) is 37.1. The molecule has 1 aliphatic carbocycles. The molecule has 280 valence electrons. The molecule has 0 radical (unpaired) electrons. The highest BCUT2D eigenvalue weighted by Crippen LogP contribution is 2.40. The number of nitro groups is 1. The van der Waals surface area contributed by atoms with Crippen LogP contribution >= 0.6 is 0 Å². The Labute approximate surface area is 323 Å². The summed E-state index contributed by atoms with van der Waals surface area (Å²) in [6, 6.07) is 34.2. The predicted octanol–water partition coefficient (Wildman–Crippen LogP) is 8.99. The molecule has 1 N–H and O–H groups in total. The van der Waals surface area contributed by atoms with Gasteiger partial charge in [0.2, 0.25) is 0 Å². The summed E-state index contributed by atoms with van der Waals surface area (Å²) in [6.07, 6.45) is 2.17. The molecule has 0 atom stereocenters. The van der Waals surface area contributed by atoms with Crippen LogP contribution in [0.25, 0.3) is 0 Å². The number of ether oxygens (including phenoxy) is 4. The summed E-state index contributed by atoms with van der Waals surface area (Å²) >= 11 is 0. The molecule has 0 saturated heterocycles. The zero-order valence-corrected chi connectivity index (χ0v) is 30.5. The van der Waals surface area contributed by atoms with E-state index in [0.717, 1.165) is 11.1 Å². The molecule has 6 aromatic rings. The fraction of sp³-hybridized carbons (Fsp3) is 0.130. The van der Waals surface area contributed by atoms with Crippen LogP contribution in [0.15, 0.2) is 134 Å². The van der Waals surface area contributed by atoms with E-state index in [4.69, 9.17) is 18.9 Å². The van der Waals surface area contributed by atoms with Gasteiger partial charge in [-0.3, -0.25) is 10.1 Å². The SMILES string of the molecule is C=CCOc1c2cccc1Cc1cccc(c1OC(=O)c1ccccc1)Cc1cc([N+](=O)[O-])cc(c1OC(=O)c1ccc(OC)cc1)Cc1cccc(c1O)C2. The van der Waals surface area contributed by atoms with Crippen LogP contribution in [0.4, 0.5) is 5.69 Å². The second-order valence-electron chi connectivity index (χ2n) is 13.3. The van der Waals surface area contributed by atoms with E-state index in [2.05, 4.69) is 6.58 Å². The van der Waals surface area contributed by atoms with Crippen LogP contribution in [0.1, 0.15) is 65.2 Å². The second-order valence-corrected chi connectivity index (χ2v) is 13.3. The van der Waals surface area contributed by atoms with Gasteiger partial charge in [0.25, 0.3) is 5.69 Å². The summed E-state index contributed by atoms with van der Waals surface area (Å²) in [6.45, 7) is 4.06. The number of hydrogen-bond donors (Lipinski definition) is 1. The third kappa shape index (κ3) is 8.00. The number of nitrogens with zero attached hydrogens (tertiary/aromatic N) is 1. The first-order valence-corrected chi connectivity index (χ1v) is 17.9. The minimum absolute atomic E-state index is 0.000449. The van der Waals surface area contributed by atoms with E-state index in [-0.39, 0.29) is 60.8 Å². The largest absolute Gasteiger partial charge is 0.507 e. The highest BCUT2D eigenvalue weighted by molar-refractivity contribution is 5.92. The maximum atomic E-state index is 13.8. The van der Waals surface area contributed by atoms with Gasteiger partial charge in [-0.25, -0.2) is 9.59 Å². The molecule has 0 spiro atoms. The number of phenolic OH excluding ortho intramolecular Hbond substituents is 1. The minimum Gasteiger partial charge on any atom is -0.507 e. The predicted molar refractivity (Wildman–Crippen MR) is 210 cm³/mol. The molecule has 56 heavy (non-hydrogen) atoms. The average Bonchev–Trinajstić information content (AvgIpc) is 3.21. The molecular formula is C46H37NO9. The number of benzene rings is 6. The van der Waals surface area contributed by atoms with E-state index in [1.807, 2.05) is 30.3 Å². The van der Waals surface area contributed by atoms with Gasteiger partial charge in [-0.05, 0) is 69.8 Å². The zero-order chi connectivity index (χ0) is 39.2. The van der Waals surface area contributed by atoms with E-state index in [0.29, 0.717) is 50.4 Å². The van der Waals surface area contributed by atoms with Crippen molar-refractivity contribution in [1.82, 2.24) is 0 Å². The van der Waals surface area contributed by atoms with Gasteiger partial charge in [-0.2, -0.15) is 0 Å². The van der Waals surface area contributed by atoms with Crippen LogP contribution in [-0.2, 0) is 25.7 Å². The number of aromatic hydroxyl groups is 1. The molecule has 6 aromatic carbocycles. The number of methoxy groups -OCH3 is 1. The van der Waals surface area contributed by atoms with E-state index in [1.165, 1.54) is 19.2 Å². The van der Waals surface area contributed by atoms with Gasteiger partial charge in [0.15, 0.2) is 0 Å². The van der Waals surface area contributed by atoms with Crippen molar-refractivity contribution in [2.24, 2.45) is 0 Å². The van der Waals surface area contributed by atoms with Gasteiger partial charge < -0.3 is 24.1 Å². The van der Waals surface area contributed by atoms with Crippen LogP contribution in [0.3, 0.4) is 0 Å². The van der Waals surface area contributed by atoms with Gasteiger partial charge in [-0.1, -0.05) is 85.5 Å². The number of phenols is 1. The highest BCUT2D eigenvalue weighted by atomic mass is 16.6. The second kappa shape index (κ2) is 16.4. The van der Waals surface area contributed by atoms with Crippen LogP contribution in [-0.4, -0.2) is 35.7 Å². The van der Waals surface area contributed by atoms with Crippen molar-refractivity contribution < 1.29 is 38.6 Å². The number of fused-ring (bicyclic) bond motifs is 8. The lowest BCUT2D eigenvalue weighted by atomic mass is 9.91. The number of carbonyl (C=O) groups is 2. The Bertz CT molecular complexity index is 2460. The smallest absolute Gasteiger partial charge is 0.343 e. The van der Waals surface area contributed by atoms with Gasteiger partial charge in [-0.15, -0.1) is 0 Å². The van der Waals surface area contributed by atoms with Crippen molar-refractivity contribution in [1.29, 1.82) is 0 Å². The molecule has 0 saturated carbocycles. The Kier molecular flexibility index (Phi) is 10.9. The Morgan fingerprint density at radius 1 is 0.643 bits per heavy atom. The van der Waals surface area contributed by atoms with Crippen molar-refractivity contribution in [2.75, 3.05) is 13.7 Å². The monoisotopic (exact) mass is 747 g/mol. The molecule has 8 bridgehead atoms. The lowest BCUT2D eigenvalue weighted by Crippen LogP contribution is -2.14. The fourth-order valence-corrected chi connectivity index (χ4v) is 6.88. The molecular weight excluding hydrogens is 711 g/mol. The average molecular weight is 748 g/mol.